The van der Waals surface area contributed by atoms with E-state index in [0.717, 1.165) is 57.8 Å². The Morgan fingerprint density at radius 3 is 2.60 bits per heavy atom. The molecule has 2 aliphatic rings. The van der Waals surface area contributed by atoms with Crippen molar-refractivity contribution in [1.82, 2.24) is 15.1 Å². The predicted octanol–water partition coefficient (Wildman–Crippen LogP) is 2.52. The Hall–Kier alpha value is -1.82. The number of likely N-dealkylation sites (N-methyl/N-ethyl adjacent to an activating group) is 1. The fourth-order valence-electron chi connectivity index (χ4n) is 3.63. The minimum atomic E-state index is -0.202. The largest absolute Gasteiger partial charge is 0.367 e. The van der Waals surface area contributed by atoms with Crippen LogP contribution in [0.25, 0.3) is 0 Å². The van der Waals surface area contributed by atoms with E-state index in [4.69, 9.17) is 0 Å². The summed E-state index contributed by atoms with van der Waals surface area (Å²) in [7, 11) is 0. The molecule has 3 rings (SSSR count). The van der Waals surface area contributed by atoms with E-state index < -0.39 is 0 Å². The lowest BCUT2D eigenvalue weighted by Crippen LogP contribution is -2.46. The molecule has 1 aromatic rings. The molecule has 138 valence electrons. The average Bonchev–Trinajstić information content (AvgIpc) is 3.06. The number of hydrogen-bond acceptors (Lipinski definition) is 3. The Kier molecular flexibility index (Phi) is 5.78. The van der Waals surface area contributed by atoms with Crippen molar-refractivity contribution in [3.05, 3.63) is 29.6 Å². The lowest BCUT2D eigenvalue weighted by molar-refractivity contribution is 0.207. The summed E-state index contributed by atoms with van der Waals surface area (Å²) in [5.41, 5.74) is 1.47. The van der Waals surface area contributed by atoms with E-state index in [1.165, 1.54) is 0 Å². The fourth-order valence-corrected chi connectivity index (χ4v) is 3.63. The van der Waals surface area contributed by atoms with Crippen molar-refractivity contribution < 1.29 is 9.18 Å². The molecule has 0 spiro atoms. The van der Waals surface area contributed by atoms with Crippen molar-refractivity contribution in [3.63, 3.8) is 0 Å². The van der Waals surface area contributed by atoms with Gasteiger partial charge < -0.3 is 20.0 Å². The summed E-state index contributed by atoms with van der Waals surface area (Å²) in [6.45, 7) is 11.0. The Labute approximate surface area is 149 Å². The maximum absolute atomic E-state index is 14.5. The van der Waals surface area contributed by atoms with Crippen LogP contribution in [0.4, 0.5) is 14.9 Å². The first-order chi connectivity index (χ1) is 12.1. The normalized spacial score (nSPS) is 21.6. The van der Waals surface area contributed by atoms with Crippen LogP contribution in [-0.4, -0.2) is 61.6 Å². The zero-order valence-corrected chi connectivity index (χ0v) is 15.3. The summed E-state index contributed by atoms with van der Waals surface area (Å²) in [6.07, 6.45) is 1.06. The number of anilines is 1. The predicted molar refractivity (Wildman–Crippen MR) is 98.3 cm³/mol. The minimum absolute atomic E-state index is 0.0514. The second kappa shape index (κ2) is 8.04. The molecule has 5 nitrogen and oxygen atoms in total. The summed E-state index contributed by atoms with van der Waals surface area (Å²) in [4.78, 5) is 18.4. The number of amides is 2. The van der Waals surface area contributed by atoms with Crippen LogP contribution in [0.15, 0.2) is 18.2 Å². The average molecular weight is 348 g/mol. The number of halogens is 1. The fraction of sp³-hybridized carbons (Fsp3) is 0.632. The first kappa shape index (κ1) is 18.0. The lowest BCUT2D eigenvalue weighted by Gasteiger charge is -2.35. The molecule has 2 amide bonds. The van der Waals surface area contributed by atoms with Gasteiger partial charge in [0, 0.05) is 45.8 Å². The number of carbonyl (C=O) groups excluding carboxylic acids is 1. The summed E-state index contributed by atoms with van der Waals surface area (Å²) in [5, 5.41) is 2.90. The van der Waals surface area contributed by atoms with E-state index in [-0.39, 0.29) is 11.8 Å². The Bertz CT molecular complexity index is 601. The monoisotopic (exact) mass is 348 g/mol. The van der Waals surface area contributed by atoms with Gasteiger partial charge in [-0.15, -0.1) is 0 Å². The van der Waals surface area contributed by atoms with Gasteiger partial charge in [0.1, 0.15) is 5.82 Å². The van der Waals surface area contributed by atoms with Crippen LogP contribution >= 0.6 is 0 Å². The molecule has 2 saturated heterocycles. The van der Waals surface area contributed by atoms with Crippen LogP contribution in [-0.2, 0) is 6.54 Å². The van der Waals surface area contributed by atoms with Crippen LogP contribution in [0.1, 0.15) is 25.8 Å². The second-order valence-corrected chi connectivity index (χ2v) is 7.21. The number of carbonyl (C=O) groups is 1. The number of nitrogens with zero attached hydrogens (tertiary/aromatic N) is 3. The van der Waals surface area contributed by atoms with Gasteiger partial charge in [-0.05, 0) is 36.6 Å². The van der Waals surface area contributed by atoms with E-state index in [0.29, 0.717) is 18.2 Å². The third kappa shape index (κ3) is 4.42. The number of piperazine rings is 1. The van der Waals surface area contributed by atoms with Gasteiger partial charge in [0.25, 0.3) is 0 Å². The molecule has 6 heteroatoms. The molecule has 1 unspecified atom stereocenters. The molecule has 2 aliphatic heterocycles. The molecular formula is C19H29FN4O. The zero-order valence-electron chi connectivity index (χ0n) is 15.3. The molecule has 25 heavy (non-hydrogen) atoms. The van der Waals surface area contributed by atoms with Crippen LogP contribution in [0.3, 0.4) is 0 Å². The highest BCUT2D eigenvalue weighted by Crippen LogP contribution is 2.22. The van der Waals surface area contributed by atoms with Gasteiger partial charge in [-0.25, -0.2) is 9.18 Å². The first-order valence-electron chi connectivity index (χ1n) is 9.35. The van der Waals surface area contributed by atoms with Gasteiger partial charge in [-0.1, -0.05) is 19.9 Å². The van der Waals surface area contributed by atoms with Crippen molar-refractivity contribution in [3.8, 4) is 0 Å². The Morgan fingerprint density at radius 2 is 2.00 bits per heavy atom. The molecule has 1 aromatic carbocycles. The number of hydrogen-bond donors (Lipinski definition) is 1. The highest BCUT2D eigenvalue weighted by atomic mass is 19.1. The number of benzene rings is 1. The van der Waals surface area contributed by atoms with Crippen LogP contribution in [0.2, 0.25) is 0 Å². The topological polar surface area (TPSA) is 38.8 Å². The van der Waals surface area contributed by atoms with Crippen molar-refractivity contribution >= 4 is 11.7 Å². The summed E-state index contributed by atoms with van der Waals surface area (Å²) in [6, 6.07) is 5.26. The third-order valence-corrected chi connectivity index (χ3v) is 5.33. The number of urea groups is 1. The van der Waals surface area contributed by atoms with Crippen LogP contribution in [0.5, 0.6) is 0 Å². The van der Waals surface area contributed by atoms with Crippen molar-refractivity contribution in [1.29, 1.82) is 0 Å². The molecule has 0 saturated carbocycles. The van der Waals surface area contributed by atoms with Crippen LogP contribution < -0.4 is 10.2 Å². The van der Waals surface area contributed by atoms with E-state index >= 15 is 0 Å². The highest BCUT2D eigenvalue weighted by Gasteiger charge is 2.23. The maximum Gasteiger partial charge on any atom is 0.317 e. The van der Waals surface area contributed by atoms with E-state index in [1.54, 1.807) is 6.07 Å². The van der Waals surface area contributed by atoms with Gasteiger partial charge >= 0.3 is 6.03 Å². The van der Waals surface area contributed by atoms with Gasteiger partial charge in [0.05, 0.1) is 5.69 Å². The summed E-state index contributed by atoms with van der Waals surface area (Å²) in [5.74, 6) is 0.363. The van der Waals surface area contributed by atoms with Crippen molar-refractivity contribution in [2.75, 3.05) is 50.7 Å². The molecule has 2 heterocycles. The van der Waals surface area contributed by atoms with Gasteiger partial charge in [-0.3, -0.25) is 0 Å². The lowest BCUT2D eigenvalue weighted by atomic mass is 10.1. The van der Waals surface area contributed by atoms with Crippen molar-refractivity contribution in [2.45, 2.75) is 26.8 Å². The summed E-state index contributed by atoms with van der Waals surface area (Å²) < 4.78 is 14.5. The van der Waals surface area contributed by atoms with Gasteiger partial charge in [0.2, 0.25) is 0 Å². The quantitative estimate of drug-likeness (QED) is 0.909. The SMILES string of the molecule is CCN1CCN(c2ccc(CNC(=O)N3CCC(C)C3)cc2F)CC1. The van der Waals surface area contributed by atoms with E-state index in [9.17, 15) is 9.18 Å². The van der Waals surface area contributed by atoms with E-state index in [2.05, 4.69) is 29.0 Å². The minimum Gasteiger partial charge on any atom is -0.367 e. The maximum atomic E-state index is 14.5. The molecule has 2 fully saturated rings. The molecule has 0 aromatic heterocycles. The molecule has 1 atom stereocenters. The molecular weight excluding hydrogens is 319 g/mol. The number of likely N-dealkylation sites (tertiary alicyclic amines) is 1. The smallest absolute Gasteiger partial charge is 0.317 e. The Morgan fingerprint density at radius 1 is 1.24 bits per heavy atom. The molecule has 0 bridgehead atoms. The molecule has 0 radical (unpaired) electrons. The highest BCUT2D eigenvalue weighted by molar-refractivity contribution is 5.74. The van der Waals surface area contributed by atoms with Gasteiger partial charge in [-0.2, -0.15) is 0 Å². The third-order valence-electron chi connectivity index (χ3n) is 5.33. The number of nitrogens with one attached hydrogen (secondary N) is 1. The standard InChI is InChI=1S/C19H29FN4O/c1-3-22-8-10-23(11-9-22)18-5-4-16(12-17(18)20)13-21-19(25)24-7-6-15(2)14-24/h4-5,12,15H,3,6-11,13-14H2,1-2H3,(H,21,25). The van der Waals surface area contributed by atoms with Crippen molar-refractivity contribution in [2.24, 2.45) is 5.92 Å². The summed E-state index contributed by atoms with van der Waals surface area (Å²) >= 11 is 0. The molecule has 0 aliphatic carbocycles. The Balaban J connectivity index is 1.54. The van der Waals surface area contributed by atoms with Gasteiger partial charge in [0.15, 0.2) is 0 Å². The zero-order chi connectivity index (χ0) is 17.8. The second-order valence-electron chi connectivity index (χ2n) is 7.21. The first-order valence-corrected chi connectivity index (χ1v) is 9.35. The number of rotatable bonds is 4. The molecule has 1 N–H and O–H groups in total. The van der Waals surface area contributed by atoms with E-state index in [1.807, 2.05) is 17.0 Å². The van der Waals surface area contributed by atoms with Crippen LogP contribution in [0, 0.1) is 11.7 Å².